The first-order chi connectivity index (χ1) is 14.6. The zero-order valence-corrected chi connectivity index (χ0v) is 17.2. The van der Waals surface area contributed by atoms with Gasteiger partial charge in [0.2, 0.25) is 0 Å². The quantitative estimate of drug-likeness (QED) is 0.516. The van der Waals surface area contributed by atoms with E-state index >= 15 is 0 Å². The van der Waals surface area contributed by atoms with Crippen molar-refractivity contribution >= 4 is 34.2 Å². The predicted molar refractivity (Wildman–Crippen MR) is 113 cm³/mol. The van der Waals surface area contributed by atoms with Crippen molar-refractivity contribution in [1.29, 1.82) is 0 Å². The Morgan fingerprint density at radius 1 is 1.07 bits per heavy atom. The number of ether oxygens (including phenoxy) is 2. The molecule has 2 aromatic carbocycles. The molecule has 2 aromatic rings. The van der Waals surface area contributed by atoms with Crippen LogP contribution in [-0.2, 0) is 14.3 Å². The maximum absolute atomic E-state index is 13.1. The first-order valence-corrected chi connectivity index (χ1v) is 10.5. The lowest BCUT2D eigenvalue weighted by Crippen LogP contribution is -2.42. The van der Waals surface area contributed by atoms with Crippen LogP contribution in [0, 0.1) is 0 Å². The molecule has 2 aliphatic heterocycles. The highest BCUT2D eigenvalue weighted by atomic mass is 16.5. The van der Waals surface area contributed by atoms with Gasteiger partial charge in [-0.2, -0.15) is 0 Å². The lowest BCUT2D eigenvalue weighted by atomic mass is 9.92. The van der Waals surface area contributed by atoms with Crippen molar-refractivity contribution in [3.05, 3.63) is 41.5 Å². The fraction of sp³-hybridized carbons (Fsp3) is 0.435. The second-order valence-corrected chi connectivity index (χ2v) is 7.55. The molecule has 1 saturated heterocycles. The number of nitrogens with zero attached hydrogens (tertiary/aromatic N) is 2. The molecule has 0 spiro atoms. The van der Waals surface area contributed by atoms with Crippen molar-refractivity contribution in [2.45, 2.75) is 26.2 Å². The summed E-state index contributed by atoms with van der Waals surface area (Å²) in [4.78, 5) is 41.3. The van der Waals surface area contributed by atoms with Gasteiger partial charge in [-0.3, -0.25) is 19.3 Å². The Labute approximate surface area is 175 Å². The van der Waals surface area contributed by atoms with Gasteiger partial charge in [-0.1, -0.05) is 25.5 Å². The van der Waals surface area contributed by atoms with Crippen LogP contribution in [0.2, 0.25) is 0 Å². The van der Waals surface area contributed by atoms with Crippen molar-refractivity contribution in [3.63, 3.8) is 0 Å². The summed E-state index contributed by atoms with van der Waals surface area (Å²) in [7, 11) is 0. The van der Waals surface area contributed by atoms with Gasteiger partial charge in [0.1, 0.15) is 6.61 Å². The number of hydrogen-bond acceptors (Lipinski definition) is 6. The van der Waals surface area contributed by atoms with Crippen molar-refractivity contribution in [2.75, 3.05) is 44.4 Å². The average Bonchev–Trinajstić information content (AvgIpc) is 2.78. The van der Waals surface area contributed by atoms with Crippen LogP contribution in [0.3, 0.4) is 0 Å². The highest BCUT2D eigenvalue weighted by Crippen LogP contribution is 2.36. The van der Waals surface area contributed by atoms with Gasteiger partial charge >= 0.3 is 5.97 Å². The molecule has 158 valence electrons. The van der Waals surface area contributed by atoms with E-state index in [1.54, 1.807) is 12.1 Å². The summed E-state index contributed by atoms with van der Waals surface area (Å²) in [6.45, 7) is 4.93. The third kappa shape index (κ3) is 3.77. The highest BCUT2D eigenvalue weighted by molar-refractivity contribution is 6.26. The van der Waals surface area contributed by atoms with Gasteiger partial charge in [0.05, 0.1) is 19.8 Å². The van der Waals surface area contributed by atoms with Gasteiger partial charge < -0.3 is 14.4 Å². The van der Waals surface area contributed by atoms with Crippen molar-refractivity contribution in [3.8, 4) is 0 Å². The summed E-state index contributed by atoms with van der Waals surface area (Å²) in [6, 6.07) is 9.31. The Morgan fingerprint density at radius 2 is 1.80 bits per heavy atom. The number of benzene rings is 2. The molecule has 7 heteroatoms. The van der Waals surface area contributed by atoms with E-state index in [1.165, 1.54) is 4.90 Å². The zero-order valence-electron chi connectivity index (χ0n) is 17.2. The summed E-state index contributed by atoms with van der Waals surface area (Å²) in [5.41, 5.74) is 2.03. The maximum atomic E-state index is 13.1. The number of unbranched alkanes of at least 4 members (excludes halogenated alkanes) is 1. The number of esters is 1. The number of anilines is 1. The molecule has 0 radical (unpaired) electrons. The van der Waals surface area contributed by atoms with Gasteiger partial charge in [0.15, 0.2) is 0 Å². The molecule has 0 aliphatic carbocycles. The minimum Gasteiger partial charge on any atom is -0.464 e. The SMILES string of the molecule is CCCCC(=O)OCCN1C(=O)c2cccc3c(N4CCOCC4)ccc(c23)C1=O. The van der Waals surface area contributed by atoms with Crippen LogP contribution in [0.1, 0.15) is 46.9 Å². The Hall–Kier alpha value is -2.93. The number of carbonyl (C=O) groups is 3. The van der Waals surface area contributed by atoms with Gasteiger partial charge in [-0.05, 0) is 24.6 Å². The maximum Gasteiger partial charge on any atom is 0.305 e. The Bertz CT molecular complexity index is 959. The minimum atomic E-state index is -0.346. The second kappa shape index (κ2) is 8.83. The van der Waals surface area contributed by atoms with E-state index in [1.807, 2.05) is 25.1 Å². The number of amides is 2. The lowest BCUT2D eigenvalue weighted by molar-refractivity contribution is -0.144. The summed E-state index contributed by atoms with van der Waals surface area (Å²) in [5, 5.41) is 1.60. The monoisotopic (exact) mass is 410 g/mol. The highest BCUT2D eigenvalue weighted by Gasteiger charge is 2.33. The number of hydrogen-bond donors (Lipinski definition) is 0. The van der Waals surface area contributed by atoms with Gasteiger partial charge in [-0.25, -0.2) is 0 Å². The van der Waals surface area contributed by atoms with Crippen LogP contribution < -0.4 is 4.90 Å². The van der Waals surface area contributed by atoms with E-state index in [9.17, 15) is 14.4 Å². The zero-order chi connectivity index (χ0) is 21.1. The summed E-state index contributed by atoms with van der Waals surface area (Å²) >= 11 is 0. The third-order valence-corrected chi connectivity index (χ3v) is 5.63. The molecule has 0 N–H and O–H groups in total. The largest absolute Gasteiger partial charge is 0.464 e. The lowest BCUT2D eigenvalue weighted by Gasteiger charge is -2.32. The molecule has 7 nitrogen and oxygen atoms in total. The Kier molecular flexibility index (Phi) is 5.99. The van der Waals surface area contributed by atoms with E-state index in [0.717, 1.165) is 37.0 Å². The van der Waals surface area contributed by atoms with E-state index in [4.69, 9.17) is 9.47 Å². The van der Waals surface area contributed by atoms with Gasteiger partial charge in [0.25, 0.3) is 11.8 Å². The molecule has 2 heterocycles. The van der Waals surface area contributed by atoms with Crippen LogP contribution in [0.25, 0.3) is 10.8 Å². The molecule has 4 rings (SSSR count). The number of morpholine rings is 1. The smallest absolute Gasteiger partial charge is 0.305 e. The molecule has 0 atom stereocenters. The van der Waals surface area contributed by atoms with Crippen LogP contribution in [0.4, 0.5) is 5.69 Å². The molecule has 30 heavy (non-hydrogen) atoms. The molecule has 2 aliphatic rings. The van der Waals surface area contributed by atoms with Crippen molar-refractivity contribution in [1.82, 2.24) is 4.90 Å². The van der Waals surface area contributed by atoms with E-state index in [2.05, 4.69) is 4.90 Å². The summed E-state index contributed by atoms with van der Waals surface area (Å²) < 4.78 is 10.6. The van der Waals surface area contributed by atoms with Crippen LogP contribution in [-0.4, -0.2) is 62.1 Å². The first kappa shape index (κ1) is 20.3. The molecule has 0 unspecified atom stereocenters. The van der Waals surface area contributed by atoms with E-state index in [-0.39, 0.29) is 30.9 Å². The van der Waals surface area contributed by atoms with Crippen molar-refractivity contribution in [2.24, 2.45) is 0 Å². The standard InChI is InChI=1S/C23H26N2O5/c1-2-3-7-20(26)30-15-12-25-22(27)17-6-4-5-16-19(24-10-13-29-14-11-24)9-8-18(21(16)17)23(25)28/h4-6,8-9H,2-3,7,10-15H2,1H3. The fourth-order valence-corrected chi connectivity index (χ4v) is 4.06. The molecule has 2 amide bonds. The molecule has 0 aromatic heterocycles. The van der Waals surface area contributed by atoms with E-state index < -0.39 is 0 Å². The molecular weight excluding hydrogens is 384 g/mol. The van der Waals surface area contributed by atoms with Crippen LogP contribution >= 0.6 is 0 Å². The number of imide groups is 1. The van der Waals surface area contributed by atoms with Gasteiger partial charge in [-0.15, -0.1) is 0 Å². The molecule has 1 fully saturated rings. The molecular formula is C23H26N2O5. The summed E-state index contributed by atoms with van der Waals surface area (Å²) in [5.74, 6) is -0.991. The predicted octanol–water partition coefficient (Wildman–Crippen LogP) is 3.01. The van der Waals surface area contributed by atoms with Gasteiger partial charge in [0, 0.05) is 47.1 Å². The number of rotatable bonds is 7. The molecule has 0 bridgehead atoms. The summed E-state index contributed by atoms with van der Waals surface area (Å²) in [6.07, 6.45) is 2.03. The Balaban J connectivity index is 1.59. The third-order valence-electron chi connectivity index (χ3n) is 5.63. The van der Waals surface area contributed by atoms with E-state index in [0.29, 0.717) is 36.1 Å². The normalized spacial score (nSPS) is 16.3. The van der Waals surface area contributed by atoms with Crippen molar-refractivity contribution < 1.29 is 23.9 Å². The van der Waals surface area contributed by atoms with Crippen LogP contribution in [0.15, 0.2) is 30.3 Å². The fourth-order valence-electron chi connectivity index (χ4n) is 4.06. The van der Waals surface area contributed by atoms with Crippen LogP contribution in [0.5, 0.6) is 0 Å². The topological polar surface area (TPSA) is 76.2 Å². The average molecular weight is 410 g/mol. The molecule has 0 saturated carbocycles. The Morgan fingerprint density at radius 3 is 2.53 bits per heavy atom. The number of carbonyl (C=O) groups excluding carboxylic acids is 3. The minimum absolute atomic E-state index is 0.0111. The first-order valence-electron chi connectivity index (χ1n) is 10.5. The second-order valence-electron chi connectivity index (χ2n) is 7.55.